The number of hydrogen-bond donors (Lipinski definition) is 0. The van der Waals surface area contributed by atoms with Gasteiger partial charge in [-0.3, -0.25) is 9.13 Å². The van der Waals surface area contributed by atoms with E-state index in [0.717, 1.165) is 5.52 Å². The normalized spacial score (nSPS) is 11.5. The van der Waals surface area contributed by atoms with Crippen LogP contribution in [0.4, 0.5) is 0 Å². The third-order valence-corrected chi connectivity index (χ3v) is 4.31. The van der Waals surface area contributed by atoms with Crippen molar-refractivity contribution < 1.29 is 0 Å². The molecule has 0 aliphatic rings. The fourth-order valence-electron chi connectivity index (χ4n) is 2.73. The van der Waals surface area contributed by atoms with Gasteiger partial charge in [-0.15, -0.1) is 0 Å². The van der Waals surface area contributed by atoms with Gasteiger partial charge in [-0.25, -0.2) is 9.78 Å². The minimum Gasteiger partial charge on any atom is -0.322 e. The maximum Gasteiger partial charge on any atom is 0.330 e. The molecule has 0 spiro atoms. The molecule has 0 unspecified atom stereocenters. The van der Waals surface area contributed by atoms with Gasteiger partial charge >= 0.3 is 5.69 Å². The molecule has 3 rings (SSSR count). The van der Waals surface area contributed by atoms with Crippen molar-refractivity contribution in [1.29, 1.82) is 0 Å². The van der Waals surface area contributed by atoms with Crippen LogP contribution in [0.2, 0.25) is 0 Å². The lowest BCUT2D eigenvalue weighted by Crippen LogP contribution is -2.31. The van der Waals surface area contributed by atoms with Crippen LogP contribution >= 0.6 is 12.2 Å². The van der Waals surface area contributed by atoms with Crippen molar-refractivity contribution in [2.45, 2.75) is 26.9 Å². The molecule has 0 N–H and O–H groups in total. The van der Waals surface area contributed by atoms with Gasteiger partial charge in [0.15, 0.2) is 5.65 Å². The highest BCUT2D eigenvalue weighted by Crippen LogP contribution is 2.16. The minimum atomic E-state index is -0.110. The van der Waals surface area contributed by atoms with Gasteiger partial charge in [0.1, 0.15) is 10.2 Å². The summed E-state index contributed by atoms with van der Waals surface area (Å²) < 4.78 is 5.79. The Morgan fingerprint density at radius 1 is 1.22 bits per heavy atom. The van der Waals surface area contributed by atoms with E-state index in [1.807, 2.05) is 22.8 Å². The maximum atomic E-state index is 12.5. The summed E-state index contributed by atoms with van der Waals surface area (Å²) in [6, 6.07) is 10.2. The van der Waals surface area contributed by atoms with E-state index < -0.39 is 0 Å². The van der Waals surface area contributed by atoms with Crippen LogP contribution < -0.4 is 5.69 Å². The van der Waals surface area contributed by atoms with Crippen molar-refractivity contribution >= 4 is 23.4 Å². The van der Waals surface area contributed by atoms with Crippen molar-refractivity contribution in [2.24, 2.45) is 13.0 Å². The van der Waals surface area contributed by atoms with Crippen molar-refractivity contribution in [3.63, 3.8) is 0 Å². The lowest BCUT2D eigenvalue weighted by Gasteiger charge is -2.13. The minimum absolute atomic E-state index is 0.110. The van der Waals surface area contributed by atoms with E-state index in [1.54, 1.807) is 17.9 Å². The zero-order valence-electron chi connectivity index (χ0n) is 13.6. The number of benzene rings is 1. The van der Waals surface area contributed by atoms with Crippen LogP contribution in [0.5, 0.6) is 0 Å². The molecular weight excluding hydrogens is 308 g/mol. The summed E-state index contributed by atoms with van der Waals surface area (Å²) in [6.45, 7) is 5.48. The Kier molecular flexibility index (Phi) is 4.17. The van der Waals surface area contributed by atoms with E-state index >= 15 is 0 Å². The van der Waals surface area contributed by atoms with Crippen LogP contribution in [0.3, 0.4) is 0 Å². The maximum absolute atomic E-state index is 12.5. The lowest BCUT2D eigenvalue weighted by molar-refractivity contribution is 0.501. The van der Waals surface area contributed by atoms with Crippen LogP contribution in [0, 0.1) is 10.6 Å². The Bertz CT molecular complexity index is 950. The van der Waals surface area contributed by atoms with Gasteiger partial charge < -0.3 is 4.57 Å². The second-order valence-corrected chi connectivity index (χ2v) is 6.57. The van der Waals surface area contributed by atoms with Gasteiger partial charge in [0.25, 0.3) is 0 Å². The number of rotatable bonds is 4. The van der Waals surface area contributed by atoms with Crippen LogP contribution in [-0.2, 0) is 20.1 Å². The van der Waals surface area contributed by atoms with Crippen molar-refractivity contribution in [3.8, 4) is 0 Å². The molecule has 6 heteroatoms. The Morgan fingerprint density at radius 3 is 2.57 bits per heavy atom. The molecule has 0 aliphatic heterocycles. The van der Waals surface area contributed by atoms with E-state index in [9.17, 15) is 4.79 Å². The third kappa shape index (κ3) is 2.86. The molecule has 2 heterocycles. The molecule has 0 radical (unpaired) electrons. The number of nitrogens with zero attached hydrogens (tertiary/aromatic N) is 4. The quantitative estimate of drug-likeness (QED) is 0.692. The fraction of sp³-hybridized carbons (Fsp3) is 0.353. The molecule has 1 aromatic carbocycles. The van der Waals surface area contributed by atoms with E-state index in [4.69, 9.17) is 12.2 Å². The van der Waals surface area contributed by atoms with E-state index in [-0.39, 0.29) is 5.69 Å². The molecule has 23 heavy (non-hydrogen) atoms. The number of hydrogen-bond acceptors (Lipinski definition) is 3. The van der Waals surface area contributed by atoms with E-state index in [0.29, 0.717) is 29.3 Å². The Labute approximate surface area is 139 Å². The largest absolute Gasteiger partial charge is 0.330 e. The van der Waals surface area contributed by atoms with Crippen LogP contribution in [0.15, 0.2) is 41.5 Å². The first-order valence-electron chi connectivity index (χ1n) is 7.67. The average Bonchev–Trinajstić information content (AvgIpc) is 2.94. The van der Waals surface area contributed by atoms with Gasteiger partial charge in [-0.1, -0.05) is 56.4 Å². The first-order valence-corrected chi connectivity index (χ1v) is 8.08. The molecule has 0 saturated carbocycles. The lowest BCUT2D eigenvalue weighted by atomic mass is 10.2. The zero-order valence-corrected chi connectivity index (χ0v) is 14.4. The van der Waals surface area contributed by atoms with Crippen LogP contribution in [-0.4, -0.2) is 18.7 Å². The molecule has 0 aliphatic carbocycles. The average molecular weight is 328 g/mol. The summed E-state index contributed by atoms with van der Waals surface area (Å²) in [6.07, 6.45) is 1.77. The zero-order chi connectivity index (χ0) is 16.6. The number of aromatic nitrogens is 4. The number of imidazole rings is 1. The summed E-state index contributed by atoms with van der Waals surface area (Å²) in [5.41, 5.74) is 2.57. The molecule has 3 aromatic rings. The van der Waals surface area contributed by atoms with Gasteiger partial charge in [0, 0.05) is 20.1 Å². The highest BCUT2D eigenvalue weighted by atomic mass is 32.1. The summed E-state index contributed by atoms with van der Waals surface area (Å²) >= 11 is 5.50. The molecule has 0 amide bonds. The smallest absolute Gasteiger partial charge is 0.322 e. The first kappa shape index (κ1) is 15.7. The van der Waals surface area contributed by atoms with Gasteiger partial charge in [-0.2, -0.15) is 0 Å². The summed E-state index contributed by atoms with van der Waals surface area (Å²) in [4.78, 5) is 17.0. The van der Waals surface area contributed by atoms with E-state index in [1.165, 1.54) is 10.1 Å². The molecular formula is C17H20N4OS. The highest BCUT2D eigenvalue weighted by Gasteiger charge is 2.15. The van der Waals surface area contributed by atoms with Crippen molar-refractivity contribution in [2.75, 3.05) is 0 Å². The standard InChI is InChI=1S/C17H20N4OS/c1-12(2)9-21-15-14(16(23)19(3)17(21)22)20(11-18-15)10-13-7-5-4-6-8-13/h4-8,11-12H,9-10H2,1-3H3. The van der Waals surface area contributed by atoms with E-state index in [2.05, 4.69) is 31.0 Å². The topological polar surface area (TPSA) is 44.8 Å². The molecule has 120 valence electrons. The second-order valence-electron chi connectivity index (χ2n) is 6.18. The van der Waals surface area contributed by atoms with Crippen LogP contribution in [0.1, 0.15) is 19.4 Å². The monoisotopic (exact) mass is 328 g/mol. The van der Waals surface area contributed by atoms with Crippen molar-refractivity contribution in [1.82, 2.24) is 18.7 Å². The Hall–Kier alpha value is -2.21. The summed E-state index contributed by atoms with van der Waals surface area (Å²) in [5, 5.41) is 0. The van der Waals surface area contributed by atoms with Gasteiger partial charge in [-0.05, 0) is 11.5 Å². The molecule has 0 fully saturated rings. The molecule has 0 saturated heterocycles. The summed E-state index contributed by atoms with van der Waals surface area (Å²) in [7, 11) is 1.72. The predicted molar refractivity (Wildman–Crippen MR) is 94.2 cm³/mol. The predicted octanol–water partition coefficient (Wildman–Crippen LogP) is 2.97. The second kappa shape index (κ2) is 6.12. The molecule has 2 aromatic heterocycles. The number of fused-ring (bicyclic) bond motifs is 1. The van der Waals surface area contributed by atoms with Crippen LogP contribution in [0.25, 0.3) is 11.2 Å². The molecule has 0 atom stereocenters. The summed E-state index contributed by atoms with van der Waals surface area (Å²) in [5.74, 6) is 0.353. The molecule has 5 nitrogen and oxygen atoms in total. The molecule has 0 bridgehead atoms. The van der Waals surface area contributed by atoms with Crippen molar-refractivity contribution in [3.05, 3.63) is 57.3 Å². The first-order chi connectivity index (χ1) is 11.0. The van der Waals surface area contributed by atoms with Gasteiger partial charge in [0.2, 0.25) is 0 Å². The third-order valence-electron chi connectivity index (χ3n) is 3.84. The Balaban J connectivity index is 2.21. The highest BCUT2D eigenvalue weighted by molar-refractivity contribution is 7.71. The Morgan fingerprint density at radius 2 is 1.91 bits per heavy atom. The fourth-order valence-corrected chi connectivity index (χ4v) is 3.02. The van der Waals surface area contributed by atoms with Gasteiger partial charge in [0.05, 0.1) is 6.33 Å². The SMILES string of the molecule is CC(C)Cn1c(=O)n(C)c(=S)c2c1ncn2Cc1ccccc1.